The van der Waals surface area contributed by atoms with Crippen LogP contribution in [-0.2, 0) is 14.8 Å². The number of carbonyl (C=O) groups is 1. The molecule has 132 valence electrons. The van der Waals surface area contributed by atoms with Gasteiger partial charge in [-0.05, 0) is 25.6 Å². The van der Waals surface area contributed by atoms with Gasteiger partial charge in [-0.3, -0.25) is 0 Å². The van der Waals surface area contributed by atoms with Crippen molar-refractivity contribution in [1.29, 1.82) is 0 Å². The maximum Gasteiger partial charge on any atom is 0.341 e. The molecule has 2 N–H and O–H groups in total. The van der Waals surface area contributed by atoms with Crippen LogP contribution in [-0.4, -0.2) is 47.7 Å². The van der Waals surface area contributed by atoms with Crippen molar-refractivity contribution >= 4 is 28.4 Å². The van der Waals surface area contributed by atoms with E-state index < -0.39 is 16.0 Å². The van der Waals surface area contributed by atoms with Gasteiger partial charge in [0.15, 0.2) is 0 Å². The van der Waals surface area contributed by atoms with Crippen LogP contribution in [0.25, 0.3) is 0 Å². The summed E-state index contributed by atoms with van der Waals surface area (Å²) in [4.78, 5) is 11.6. The quantitative estimate of drug-likeness (QED) is 0.671. The largest absolute Gasteiger partial charge is 0.496 e. The minimum Gasteiger partial charge on any atom is -0.496 e. The summed E-state index contributed by atoms with van der Waals surface area (Å²) in [6.45, 7) is 4.84. The molecular weight excluding hydrogens is 344 g/mol. The van der Waals surface area contributed by atoms with E-state index in [-0.39, 0.29) is 41.2 Å². The molecule has 7 nitrogen and oxygen atoms in total. The number of rotatable bonds is 8. The normalized spacial score (nSPS) is 12.2. The lowest BCUT2D eigenvalue weighted by molar-refractivity contribution is 0.0597. The van der Waals surface area contributed by atoms with Gasteiger partial charge in [0.05, 0.1) is 19.1 Å². The smallest absolute Gasteiger partial charge is 0.341 e. The van der Waals surface area contributed by atoms with Gasteiger partial charge in [0.1, 0.15) is 11.3 Å². The zero-order chi connectivity index (χ0) is 16.8. The Hall–Kier alpha value is -1.35. The second kappa shape index (κ2) is 9.71. The summed E-state index contributed by atoms with van der Waals surface area (Å²) in [6.07, 6.45) is 0. The lowest BCUT2D eigenvalue weighted by Gasteiger charge is -2.14. The highest BCUT2D eigenvalue weighted by molar-refractivity contribution is 7.89. The number of likely N-dealkylation sites (N-methyl/N-ethyl adjacent to an activating group) is 1. The first-order chi connectivity index (χ1) is 10.4. The first kappa shape index (κ1) is 21.6. The van der Waals surface area contributed by atoms with Gasteiger partial charge in [-0.2, -0.15) is 0 Å². The summed E-state index contributed by atoms with van der Waals surface area (Å²) in [5.74, 6) is -0.441. The van der Waals surface area contributed by atoms with Crippen molar-refractivity contribution in [3.63, 3.8) is 0 Å². The van der Waals surface area contributed by atoms with Crippen molar-refractivity contribution in [3.8, 4) is 5.75 Å². The molecule has 0 aliphatic heterocycles. The Balaban J connectivity index is 0.00000484. The van der Waals surface area contributed by atoms with E-state index >= 15 is 0 Å². The predicted octanol–water partition coefficient (Wildman–Crippen LogP) is 1.18. The van der Waals surface area contributed by atoms with Crippen LogP contribution in [0.2, 0.25) is 0 Å². The van der Waals surface area contributed by atoms with Gasteiger partial charge in [-0.1, -0.05) is 6.92 Å². The first-order valence-electron chi connectivity index (χ1n) is 6.85. The second-order valence-corrected chi connectivity index (χ2v) is 6.43. The average Bonchev–Trinajstić information content (AvgIpc) is 2.52. The van der Waals surface area contributed by atoms with Gasteiger partial charge in [-0.25, -0.2) is 17.9 Å². The zero-order valence-corrected chi connectivity index (χ0v) is 15.2. The Labute approximate surface area is 143 Å². The molecular formula is C14H23ClN2O5S. The van der Waals surface area contributed by atoms with Crippen molar-refractivity contribution in [2.75, 3.05) is 27.3 Å². The van der Waals surface area contributed by atoms with E-state index in [9.17, 15) is 13.2 Å². The van der Waals surface area contributed by atoms with Crippen LogP contribution in [0.5, 0.6) is 5.75 Å². The highest BCUT2D eigenvalue weighted by Crippen LogP contribution is 2.23. The Morgan fingerprint density at radius 2 is 1.96 bits per heavy atom. The summed E-state index contributed by atoms with van der Waals surface area (Å²) < 4.78 is 36.7. The molecule has 1 atom stereocenters. The summed E-state index contributed by atoms with van der Waals surface area (Å²) in [6, 6.07) is 4.02. The fraction of sp³-hybridized carbons (Fsp3) is 0.500. The molecule has 0 amide bonds. The van der Waals surface area contributed by atoms with Crippen LogP contribution >= 0.6 is 12.4 Å². The minimum absolute atomic E-state index is 0. The van der Waals surface area contributed by atoms with Gasteiger partial charge in [0.2, 0.25) is 10.0 Å². The molecule has 0 bridgehead atoms. The maximum atomic E-state index is 12.2. The number of carbonyl (C=O) groups excluding carboxylic acids is 1. The molecule has 9 heteroatoms. The molecule has 0 spiro atoms. The molecule has 1 aromatic carbocycles. The summed E-state index contributed by atoms with van der Waals surface area (Å²) in [5.41, 5.74) is 0.171. The number of benzene rings is 1. The van der Waals surface area contributed by atoms with E-state index in [4.69, 9.17) is 4.74 Å². The topological polar surface area (TPSA) is 93.7 Å². The Kier molecular flexibility index (Phi) is 9.14. The molecule has 0 aromatic heterocycles. The van der Waals surface area contributed by atoms with E-state index in [2.05, 4.69) is 14.8 Å². The van der Waals surface area contributed by atoms with E-state index in [0.717, 1.165) is 6.54 Å². The number of hydrogen-bond donors (Lipinski definition) is 2. The van der Waals surface area contributed by atoms with Crippen molar-refractivity contribution < 1.29 is 22.7 Å². The number of sulfonamides is 1. The molecule has 1 aromatic rings. The molecule has 0 saturated carbocycles. The SMILES string of the molecule is CCN[C@H](C)CNS(=O)(=O)c1ccc(C(=O)OC)c(OC)c1.Cl. The number of ether oxygens (including phenoxy) is 2. The third kappa shape index (κ3) is 5.98. The molecule has 0 aliphatic carbocycles. The summed E-state index contributed by atoms with van der Waals surface area (Å²) >= 11 is 0. The van der Waals surface area contributed by atoms with Gasteiger partial charge in [0, 0.05) is 18.7 Å². The van der Waals surface area contributed by atoms with Gasteiger partial charge < -0.3 is 14.8 Å². The highest BCUT2D eigenvalue weighted by atomic mass is 35.5. The van der Waals surface area contributed by atoms with Crippen LogP contribution in [0.3, 0.4) is 0 Å². The Bertz CT molecular complexity index is 622. The highest BCUT2D eigenvalue weighted by Gasteiger charge is 2.20. The van der Waals surface area contributed by atoms with Crippen LogP contribution < -0.4 is 14.8 Å². The molecule has 1 rings (SSSR count). The predicted molar refractivity (Wildman–Crippen MR) is 89.9 cm³/mol. The van der Waals surface area contributed by atoms with E-state index in [1.165, 1.54) is 32.4 Å². The van der Waals surface area contributed by atoms with Crippen LogP contribution in [0.1, 0.15) is 24.2 Å². The van der Waals surface area contributed by atoms with Crippen molar-refractivity contribution in [2.24, 2.45) is 0 Å². The number of methoxy groups -OCH3 is 2. The maximum absolute atomic E-state index is 12.2. The summed E-state index contributed by atoms with van der Waals surface area (Å²) in [7, 11) is -1.07. The minimum atomic E-state index is -3.68. The van der Waals surface area contributed by atoms with Crippen molar-refractivity contribution in [1.82, 2.24) is 10.0 Å². The summed E-state index contributed by atoms with van der Waals surface area (Å²) in [5, 5.41) is 3.11. The number of esters is 1. The lowest BCUT2D eigenvalue weighted by Crippen LogP contribution is -2.38. The second-order valence-electron chi connectivity index (χ2n) is 4.66. The lowest BCUT2D eigenvalue weighted by atomic mass is 10.2. The third-order valence-electron chi connectivity index (χ3n) is 3.02. The Morgan fingerprint density at radius 1 is 1.30 bits per heavy atom. The zero-order valence-electron chi connectivity index (χ0n) is 13.6. The molecule has 0 fully saturated rings. The fourth-order valence-electron chi connectivity index (χ4n) is 1.86. The monoisotopic (exact) mass is 366 g/mol. The number of halogens is 1. The molecule has 0 heterocycles. The fourth-order valence-corrected chi connectivity index (χ4v) is 3.00. The van der Waals surface area contributed by atoms with Gasteiger partial charge >= 0.3 is 5.97 Å². The molecule has 0 saturated heterocycles. The molecule has 23 heavy (non-hydrogen) atoms. The molecule has 0 radical (unpaired) electrons. The number of nitrogens with one attached hydrogen (secondary N) is 2. The van der Waals surface area contributed by atoms with Crippen LogP contribution in [0.4, 0.5) is 0 Å². The number of hydrogen-bond acceptors (Lipinski definition) is 6. The molecule has 0 aliphatic rings. The third-order valence-corrected chi connectivity index (χ3v) is 4.44. The standard InChI is InChI=1S/C14H22N2O5S.ClH/c1-5-15-10(2)9-16-22(18,19)11-6-7-12(14(17)21-4)13(8-11)20-3;/h6-8,10,15-16H,5,9H2,1-4H3;1H/t10-;/m1./s1. The van der Waals surface area contributed by atoms with E-state index in [1.54, 1.807) is 0 Å². The average molecular weight is 367 g/mol. The Morgan fingerprint density at radius 3 is 2.48 bits per heavy atom. The van der Waals surface area contributed by atoms with Crippen LogP contribution in [0, 0.1) is 0 Å². The van der Waals surface area contributed by atoms with Crippen molar-refractivity contribution in [3.05, 3.63) is 23.8 Å². The van der Waals surface area contributed by atoms with Gasteiger partial charge in [0.25, 0.3) is 0 Å². The van der Waals surface area contributed by atoms with Crippen LogP contribution in [0.15, 0.2) is 23.1 Å². The van der Waals surface area contributed by atoms with Gasteiger partial charge in [-0.15, -0.1) is 12.4 Å². The first-order valence-corrected chi connectivity index (χ1v) is 8.33. The molecule has 0 unspecified atom stereocenters. The van der Waals surface area contributed by atoms with E-state index in [1.807, 2.05) is 13.8 Å². The van der Waals surface area contributed by atoms with E-state index in [0.29, 0.717) is 0 Å². The van der Waals surface area contributed by atoms with Crippen molar-refractivity contribution in [2.45, 2.75) is 24.8 Å².